The molecular weight excluding hydrogens is 478 g/mol. The first-order valence-electron chi connectivity index (χ1n) is 13.9. The van der Waals surface area contributed by atoms with Gasteiger partial charge in [-0.3, -0.25) is 14.6 Å². The van der Waals surface area contributed by atoms with Crippen LogP contribution < -0.4 is 0 Å². The van der Waals surface area contributed by atoms with E-state index < -0.39 is 12.0 Å². The van der Waals surface area contributed by atoms with Crippen molar-refractivity contribution >= 4 is 5.97 Å². The van der Waals surface area contributed by atoms with Crippen LogP contribution >= 0.6 is 0 Å². The van der Waals surface area contributed by atoms with Gasteiger partial charge in [0.1, 0.15) is 17.7 Å². The predicted octanol–water partition coefficient (Wildman–Crippen LogP) is 4.68. The number of aromatic nitrogens is 4. The number of aromatic amines is 2. The Balaban J connectivity index is 1.59. The standard InChI is InChI=1S/C29H45N7O2/c1-5-17-35(18-6-2)19-7-8-26(29(37)38)34(4)20-24-9-11-25(12-10-24)21-36(22-27-30-13-14-31-27)23(3)28-32-15-16-33-28/h9-16,23,26H,5-8,17-22H2,1-4H3,(H,30,31)(H,32,33)(H,37,38)/t23?,26-/m1/s1. The highest BCUT2D eigenvalue weighted by atomic mass is 16.4. The summed E-state index contributed by atoms with van der Waals surface area (Å²) < 4.78 is 0. The van der Waals surface area contributed by atoms with Gasteiger partial charge in [0, 0.05) is 37.9 Å². The van der Waals surface area contributed by atoms with Crippen LogP contribution in [0.25, 0.3) is 0 Å². The van der Waals surface area contributed by atoms with Gasteiger partial charge in [0.25, 0.3) is 0 Å². The summed E-state index contributed by atoms with van der Waals surface area (Å²) >= 11 is 0. The third-order valence-electron chi connectivity index (χ3n) is 7.06. The number of hydrogen-bond acceptors (Lipinski definition) is 6. The molecular formula is C29H45N7O2. The Morgan fingerprint density at radius 1 is 0.921 bits per heavy atom. The Bertz CT molecular complexity index is 1030. The fourth-order valence-electron chi connectivity index (χ4n) is 4.98. The van der Waals surface area contributed by atoms with E-state index in [1.54, 1.807) is 12.4 Å². The molecule has 0 fully saturated rings. The minimum Gasteiger partial charge on any atom is -0.480 e. The van der Waals surface area contributed by atoms with Crippen LogP contribution in [0, 0.1) is 0 Å². The molecule has 2 atom stereocenters. The number of carboxylic acids is 1. The summed E-state index contributed by atoms with van der Waals surface area (Å²) in [6.45, 7) is 11.6. The highest BCUT2D eigenvalue weighted by Crippen LogP contribution is 2.22. The van der Waals surface area contributed by atoms with Crippen LogP contribution in [0.2, 0.25) is 0 Å². The van der Waals surface area contributed by atoms with Gasteiger partial charge in [0.05, 0.1) is 12.6 Å². The molecule has 0 spiro atoms. The third-order valence-corrected chi connectivity index (χ3v) is 7.06. The molecule has 9 heteroatoms. The lowest BCUT2D eigenvalue weighted by atomic mass is 10.1. The maximum atomic E-state index is 12.0. The summed E-state index contributed by atoms with van der Waals surface area (Å²) in [5.74, 6) is 1.08. The molecule has 2 heterocycles. The van der Waals surface area contributed by atoms with Crippen molar-refractivity contribution in [2.75, 3.05) is 26.7 Å². The highest BCUT2D eigenvalue weighted by molar-refractivity contribution is 5.73. The zero-order valence-corrected chi connectivity index (χ0v) is 23.4. The molecule has 3 N–H and O–H groups in total. The van der Waals surface area contributed by atoms with Gasteiger partial charge in [-0.2, -0.15) is 0 Å². The number of carbonyl (C=O) groups is 1. The Labute approximate surface area is 227 Å². The Hall–Kier alpha value is -3.01. The van der Waals surface area contributed by atoms with Crippen molar-refractivity contribution in [3.8, 4) is 0 Å². The molecule has 0 amide bonds. The lowest BCUT2D eigenvalue weighted by molar-refractivity contribution is -0.143. The van der Waals surface area contributed by atoms with Gasteiger partial charge < -0.3 is 20.0 Å². The van der Waals surface area contributed by atoms with Crippen molar-refractivity contribution in [3.63, 3.8) is 0 Å². The molecule has 0 aliphatic rings. The third kappa shape index (κ3) is 9.08. The van der Waals surface area contributed by atoms with Crippen molar-refractivity contribution in [2.24, 2.45) is 0 Å². The Morgan fingerprint density at radius 3 is 2.11 bits per heavy atom. The number of benzene rings is 1. The van der Waals surface area contributed by atoms with E-state index in [9.17, 15) is 9.90 Å². The predicted molar refractivity (Wildman–Crippen MR) is 150 cm³/mol. The molecule has 0 bridgehead atoms. The highest BCUT2D eigenvalue weighted by Gasteiger charge is 2.23. The zero-order valence-electron chi connectivity index (χ0n) is 23.4. The fourth-order valence-corrected chi connectivity index (χ4v) is 4.98. The van der Waals surface area contributed by atoms with Crippen LogP contribution in [0.15, 0.2) is 49.1 Å². The lowest BCUT2D eigenvalue weighted by Gasteiger charge is -2.28. The minimum absolute atomic E-state index is 0.0859. The van der Waals surface area contributed by atoms with Gasteiger partial charge in [-0.05, 0) is 70.4 Å². The number of H-pyrrole nitrogens is 2. The molecule has 3 rings (SSSR count). The summed E-state index contributed by atoms with van der Waals surface area (Å²) in [4.78, 5) is 34.1. The molecule has 1 unspecified atom stereocenters. The molecule has 1 aromatic carbocycles. The van der Waals surface area contributed by atoms with Gasteiger partial charge in [-0.1, -0.05) is 38.1 Å². The number of imidazole rings is 2. The van der Waals surface area contributed by atoms with E-state index in [1.807, 2.05) is 24.3 Å². The van der Waals surface area contributed by atoms with Crippen molar-refractivity contribution in [1.29, 1.82) is 0 Å². The van der Waals surface area contributed by atoms with E-state index in [-0.39, 0.29) is 6.04 Å². The van der Waals surface area contributed by atoms with E-state index in [0.717, 1.165) is 62.7 Å². The van der Waals surface area contributed by atoms with Crippen LogP contribution in [-0.2, 0) is 24.4 Å². The largest absolute Gasteiger partial charge is 0.480 e. The maximum Gasteiger partial charge on any atom is 0.320 e. The van der Waals surface area contributed by atoms with Gasteiger partial charge in [0.2, 0.25) is 0 Å². The summed E-state index contributed by atoms with van der Waals surface area (Å²) in [6, 6.07) is 8.09. The monoisotopic (exact) mass is 523 g/mol. The molecule has 208 valence electrons. The lowest BCUT2D eigenvalue weighted by Crippen LogP contribution is -2.39. The average Bonchev–Trinajstić information content (AvgIpc) is 3.62. The first kappa shape index (κ1) is 29.5. The normalized spacial score (nSPS) is 13.4. The second kappa shape index (κ2) is 15.4. The molecule has 0 aliphatic heterocycles. The van der Waals surface area contributed by atoms with Crippen LogP contribution in [0.3, 0.4) is 0 Å². The van der Waals surface area contributed by atoms with Crippen LogP contribution in [0.4, 0.5) is 0 Å². The van der Waals surface area contributed by atoms with Gasteiger partial charge in [0.15, 0.2) is 0 Å². The molecule has 38 heavy (non-hydrogen) atoms. The maximum absolute atomic E-state index is 12.0. The minimum atomic E-state index is -0.748. The van der Waals surface area contributed by atoms with Crippen LogP contribution in [0.5, 0.6) is 0 Å². The van der Waals surface area contributed by atoms with E-state index in [1.165, 1.54) is 5.56 Å². The first-order chi connectivity index (χ1) is 18.4. The number of nitrogens with zero attached hydrogens (tertiary/aromatic N) is 5. The van der Waals surface area contributed by atoms with Gasteiger partial charge in [-0.15, -0.1) is 0 Å². The van der Waals surface area contributed by atoms with Gasteiger partial charge in [-0.25, -0.2) is 9.97 Å². The molecule has 3 aromatic rings. The number of likely N-dealkylation sites (N-methyl/N-ethyl adjacent to an activating group) is 1. The first-order valence-corrected chi connectivity index (χ1v) is 13.9. The Morgan fingerprint density at radius 2 is 1.55 bits per heavy atom. The van der Waals surface area contributed by atoms with Crippen LogP contribution in [-0.4, -0.2) is 78.4 Å². The van der Waals surface area contributed by atoms with Crippen molar-refractivity contribution in [1.82, 2.24) is 34.6 Å². The summed E-state index contributed by atoms with van der Waals surface area (Å²) in [5.41, 5.74) is 2.29. The second-order valence-corrected chi connectivity index (χ2v) is 10.2. The molecule has 2 aromatic heterocycles. The number of hydrogen-bond donors (Lipinski definition) is 3. The second-order valence-electron chi connectivity index (χ2n) is 10.2. The van der Waals surface area contributed by atoms with Crippen LogP contribution in [0.1, 0.15) is 75.3 Å². The quantitative estimate of drug-likeness (QED) is 0.222. The Kier molecular flexibility index (Phi) is 12.0. The van der Waals surface area contributed by atoms with Crippen molar-refractivity contribution in [3.05, 3.63) is 71.8 Å². The number of aliphatic carboxylic acids is 1. The zero-order chi connectivity index (χ0) is 27.3. The summed E-state index contributed by atoms with van der Waals surface area (Å²) in [7, 11) is 1.92. The van der Waals surface area contributed by atoms with Crippen molar-refractivity contribution in [2.45, 2.75) is 78.2 Å². The molecule has 0 radical (unpaired) electrons. The molecule has 0 saturated heterocycles. The fraction of sp³-hybridized carbons (Fsp3) is 0.552. The number of carboxylic acid groups (broad SMARTS) is 1. The SMILES string of the molecule is CCCN(CCC)CCC[C@H](C(=O)O)N(C)Cc1ccc(CN(Cc2ncc[nH]2)C(C)c2ncc[nH]2)cc1. The van der Waals surface area contributed by atoms with E-state index in [2.05, 4.69) is 74.8 Å². The summed E-state index contributed by atoms with van der Waals surface area (Å²) in [6.07, 6.45) is 11.0. The molecule has 0 aliphatic carbocycles. The van der Waals surface area contributed by atoms with E-state index in [4.69, 9.17) is 0 Å². The number of rotatable bonds is 18. The molecule has 0 saturated carbocycles. The van der Waals surface area contributed by atoms with Crippen molar-refractivity contribution < 1.29 is 9.90 Å². The molecule has 9 nitrogen and oxygen atoms in total. The number of nitrogens with one attached hydrogen (secondary N) is 2. The van der Waals surface area contributed by atoms with E-state index >= 15 is 0 Å². The summed E-state index contributed by atoms with van der Waals surface area (Å²) in [5, 5.41) is 9.90. The van der Waals surface area contributed by atoms with Gasteiger partial charge >= 0.3 is 5.97 Å². The topological polar surface area (TPSA) is 104 Å². The average molecular weight is 524 g/mol. The van der Waals surface area contributed by atoms with E-state index in [0.29, 0.717) is 19.5 Å². The smallest absolute Gasteiger partial charge is 0.320 e.